The lowest BCUT2D eigenvalue weighted by atomic mass is 10.1. The normalized spacial score (nSPS) is 10.7. The van der Waals surface area contributed by atoms with Gasteiger partial charge in [0.1, 0.15) is 5.75 Å². The number of benzene rings is 2. The molecule has 2 aromatic rings. The Morgan fingerprint density at radius 2 is 1.71 bits per heavy atom. The van der Waals surface area contributed by atoms with E-state index in [1.165, 1.54) is 12.1 Å². The third-order valence-corrected chi connectivity index (χ3v) is 3.97. The van der Waals surface area contributed by atoms with Crippen LogP contribution in [0, 0.1) is 0 Å². The molecule has 0 heterocycles. The van der Waals surface area contributed by atoms with Gasteiger partial charge in [0.25, 0.3) is 0 Å². The van der Waals surface area contributed by atoms with Crippen molar-refractivity contribution in [1.82, 2.24) is 5.32 Å². The minimum absolute atomic E-state index is 0.109. The summed E-state index contributed by atoms with van der Waals surface area (Å²) in [6.45, 7) is -2.40. The van der Waals surface area contributed by atoms with Gasteiger partial charge in [-0.05, 0) is 41.8 Å². The van der Waals surface area contributed by atoms with E-state index in [0.29, 0.717) is 23.0 Å². The van der Waals surface area contributed by atoms with Crippen LogP contribution in [0.25, 0.3) is 0 Å². The number of carbonyl (C=O) groups is 1. The summed E-state index contributed by atoms with van der Waals surface area (Å²) < 4.78 is 28.4. The molecule has 0 fully saturated rings. The highest BCUT2D eigenvalue weighted by molar-refractivity contribution is 6.42. The van der Waals surface area contributed by atoms with E-state index < -0.39 is 6.61 Å². The summed E-state index contributed by atoms with van der Waals surface area (Å²) in [7, 11) is 0. The molecule has 0 aliphatic carbocycles. The Hall–Kier alpha value is -1.85. The summed E-state index contributed by atoms with van der Waals surface area (Å²) >= 11 is 11.7. The van der Waals surface area contributed by atoms with Gasteiger partial charge < -0.3 is 10.1 Å². The molecule has 0 saturated carbocycles. The van der Waals surface area contributed by atoms with E-state index in [2.05, 4.69) is 10.1 Å². The number of hydrogen-bond acceptors (Lipinski definition) is 2. The quantitative estimate of drug-likeness (QED) is 0.775. The molecule has 2 aromatic carbocycles. The van der Waals surface area contributed by atoms with Gasteiger partial charge in [0.05, 0.1) is 16.5 Å². The van der Waals surface area contributed by atoms with Gasteiger partial charge in [0, 0.05) is 6.54 Å². The average molecular weight is 374 g/mol. The van der Waals surface area contributed by atoms with E-state index >= 15 is 0 Å². The van der Waals surface area contributed by atoms with Gasteiger partial charge >= 0.3 is 6.61 Å². The van der Waals surface area contributed by atoms with Crippen molar-refractivity contribution in [2.45, 2.75) is 19.5 Å². The van der Waals surface area contributed by atoms with Gasteiger partial charge in [-0.3, -0.25) is 4.79 Å². The Morgan fingerprint density at radius 3 is 2.33 bits per heavy atom. The van der Waals surface area contributed by atoms with Crippen LogP contribution in [0.15, 0.2) is 42.5 Å². The second-order valence-corrected chi connectivity index (χ2v) is 5.86. The molecule has 0 saturated heterocycles. The third-order valence-electron chi connectivity index (χ3n) is 3.23. The number of halogens is 4. The molecule has 0 radical (unpaired) electrons. The first-order chi connectivity index (χ1) is 11.4. The number of hydrogen-bond donors (Lipinski definition) is 1. The maximum atomic E-state index is 12.1. The molecule has 2 rings (SSSR count). The standard InChI is InChI=1S/C17H15Cl2F2NO2/c18-14-6-3-12(9-15(14)19)10-16(23)22-8-7-11-1-4-13(5-2-11)24-17(20)21/h1-6,9,17H,7-8,10H2,(H,22,23). The molecule has 0 unspecified atom stereocenters. The summed E-state index contributed by atoms with van der Waals surface area (Å²) in [5.41, 5.74) is 1.68. The Morgan fingerprint density at radius 1 is 1.04 bits per heavy atom. The van der Waals surface area contributed by atoms with Crippen molar-refractivity contribution in [1.29, 1.82) is 0 Å². The van der Waals surface area contributed by atoms with E-state index in [4.69, 9.17) is 23.2 Å². The zero-order valence-corrected chi connectivity index (χ0v) is 14.1. The molecule has 128 valence electrons. The van der Waals surface area contributed by atoms with E-state index in [9.17, 15) is 13.6 Å². The van der Waals surface area contributed by atoms with Crippen molar-refractivity contribution in [2.75, 3.05) is 6.54 Å². The topological polar surface area (TPSA) is 38.3 Å². The molecular formula is C17H15Cl2F2NO2. The summed E-state index contributed by atoms with van der Waals surface area (Å²) in [5, 5.41) is 3.65. The van der Waals surface area contributed by atoms with Crippen LogP contribution in [0.1, 0.15) is 11.1 Å². The first-order valence-corrected chi connectivity index (χ1v) is 7.94. The monoisotopic (exact) mass is 373 g/mol. The highest BCUT2D eigenvalue weighted by Crippen LogP contribution is 2.22. The van der Waals surface area contributed by atoms with Crippen molar-refractivity contribution in [2.24, 2.45) is 0 Å². The lowest BCUT2D eigenvalue weighted by molar-refractivity contribution is -0.120. The van der Waals surface area contributed by atoms with Crippen LogP contribution in [0.3, 0.4) is 0 Å². The molecular weight excluding hydrogens is 359 g/mol. The lowest BCUT2D eigenvalue weighted by Gasteiger charge is -2.08. The first kappa shape index (κ1) is 18.5. The first-order valence-electron chi connectivity index (χ1n) is 7.18. The molecule has 1 N–H and O–H groups in total. The Labute approximate surface area is 148 Å². The van der Waals surface area contributed by atoms with Gasteiger partial charge in [-0.15, -0.1) is 0 Å². The third kappa shape index (κ3) is 5.98. The maximum Gasteiger partial charge on any atom is 0.387 e. The zero-order valence-electron chi connectivity index (χ0n) is 12.6. The SMILES string of the molecule is O=C(Cc1ccc(Cl)c(Cl)c1)NCCc1ccc(OC(F)F)cc1. The van der Waals surface area contributed by atoms with Gasteiger partial charge in [-0.1, -0.05) is 41.4 Å². The van der Waals surface area contributed by atoms with E-state index in [-0.39, 0.29) is 18.1 Å². The van der Waals surface area contributed by atoms with Crippen molar-refractivity contribution in [3.05, 3.63) is 63.6 Å². The summed E-state index contributed by atoms with van der Waals surface area (Å²) in [4.78, 5) is 11.9. The lowest BCUT2D eigenvalue weighted by Crippen LogP contribution is -2.27. The number of nitrogens with one attached hydrogen (secondary N) is 1. The van der Waals surface area contributed by atoms with Gasteiger partial charge in [0.2, 0.25) is 5.91 Å². The van der Waals surface area contributed by atoms with Crippen LogP contribution in [0.4, 0.5) is 8.78 Å². The molecule has 24 heavy (non-hydrogen) atoms. The minimum Gasteiger partial charge on any atom is -0.435 e. The summed E-state index contributed by atoms with van der Waals surface area (Å²) in [5.74, 6) is -0.0246. The smallest absolute Gasteiger partial charge is 0.387 e. The van der Waals surface area contributed by atoms with Crippen molar-refractivity contribution in [3.63, 3.8) is 0 Å². The highest BCUT2D eigenvalue weighted by atomic mass is 35.5. The predicted octanol–water partition coefficient (Wildman–Crippen LogP) is 4.50. The van der Waals surface area contributed by atoms with Gasteiger partial charge in [-0.25, -0.2) is 0 Å². The van der Waals surface area contributed by atoms with Crippen LogP contribution < -0.4 is 10.1 Å². The minimum atomic E-state index is -2.84. The second kappa shape index (κ2) is 8.85. The van der Waals surface area contributed by atoms with E-state index in [0.717, 1.165) is 11.1 Å². The van der Waals surface area contributed by atoms with Gasteiger partial charge in [0.15, 0.2) is 0 Å². The van der Waals surface area contributed by atoms with Crippen LogP contribution >= 0.6 is 23.2 Å². The van der Waals surface area contributed by atoms with Crippen LogP contribution in [0.2, 0.25) is 10.0 Å². The number of rotatable bonds is 7. The molecule has 0 bridgehead atoms. The van der Waals surface area contributed by atoms with Crippen molar-refractivity contribution >= 4 is 29.1 Å². The molecule has 7 heteroatoms. The number of amides is 1. The second-order valence-electron chi connectivity index (χ2n) is 5.05. The Balaban J connectivity index is 1.76. The number of carbonyl (C=O) groups excluding carboxylic acids is 1. The predicted molar refractivity (Wildman–Crippen MR) is 90.0 cm³/mol. The van der Waals surface area contributed by atoms with Crippen molar-refractivity contribution in [3.8, 4) is 5.75 Å². The van der Waals surface area contributed by atoms with Crippen LogP contribution in [-0.2, 0) is 17.6 Å². The fourth-order valence-corrected chi connectivity index (χ4v) is 2.40. The Bertz CT molecular complexity index is 693. The fourth-order valence-electron chi connectivity index (χ4n) is 2.08. The van der Waals surface area contributed by atoms with E-state index in [1.807, 2.05) is 0 Å². The fraction of sp³-hybridized carbons (Fsp3) is 0.235. The van der Waals surface area contributed by atoms with Gasteiger partial charge in [-0.2, -0.15) is 8.78 Å². The molecule has 0 atom stereocenters. The molecule has 0 aliphatic heterocycles. The highest BCUT2D eigenvalue weighted by Gasteiger charge is 2.06. The van der Waals surface area contributed by atoms with Crippen LogP contribution in [0.5, 0.6) is 5.75 Å². The number of alkyl halides is 2. The summed E-state index contributed by atoms with van der Waals surface area (Å²) in [6, 6.07) is 11.4. The molecule has 0 aromatic heterocycles. The number of ether oxygens (including phenoxy) is 1. The molecule has 1 amide bonds. The van der Waals surface area contributed by atoms with E-state index in [1.54, 1.807) is 30.3 Å². The average Bonchev–Trinajstić information content (AvgIpc) is 2.52. The maximum absolute atomic E-state index is 12.1. The molecule has 0 spiro atoms. The Kier molecular flexibility index (Phi) is 6.82. The molecule has 3 nitrogen and oxygen atoms in total. The molecule has 0 aliphatic rings. The van der Waals surface area contributed by atoms with Crippen LogP contribution in [-0.4, -0.2) is 19.1 Å². The van der Waals surface area contributed by atoms with Crippen molar-refractivity contribution < 1.29 is 18.3 Å². The summed E-state index contributed by atoms with van der Waals surface area (Å²) in [6.07, 6.45) is 0.792. The zero-order chi connectivity index (χ0) is 17.5. The largest absolute Gasteiger partial charge is 0.435 e.